The predicted octanol–water partition coefficient (Wildman–Crippen LogP) is 3.19. The van der Waals surface area contributed by atoms with Gasteiger partial charge in [-0.2, -0.15) is 0 Å². The fourth-order valence-corrected chi connectivity index (χ4v) is 2.21. The lowest BCUT2D eigenvalue weighted by Crippen LogP contribution is -2.27. The van der Waals surface area contributed by atoms with Crippen molar-refractivity contribution in [3.05, 3.63) is 22.2 Å². The number of nitrogens with zero attached hydrogens (tertiary/aromatic N) is 3. The Morgan fingerprint density at radius 3 is 2.70 bits per heavy atom. The van der Waals surface area contributed by atoms with E-state index in [9.17, 15) is 10.1 Å². The average molecular weight is 278 g/mol. The second kappa shape index (κ2) is 6.54. The normalized spacial score (nSPS) is 14.1. The van der Waals surface area contributed by atoms with Gasteiger partial charge in [0, 0.05) is 19.1 Å². The molecule has 1 saturated carbocycles. The number of aromatic nitrogens is 1. The molecular weight excluding hydrogens is 256 g/mol. The maximum Gasteiger partial charge on any atom is 0.276 e. The van der Waals surface area contributed by atoms with E-state index in [1.807, 2.05) is 0 Å². The SMILES string of the molecule is CCCNc1cc([N+](=O)[O-])cc(N(CCC)C2CC2)n1. The smallest absolute Gasteiger partial charge is 0.276 e. The molecule has 1 aromatic heterocycles. The Morgan fingerprint density at radius 1 is 1.40 bits per heavy atom. The lowest BCUT2D eigenvalue weighted by Gasteiger charge is -2.23. The first-order valence-corrected chi connectivity index (χ1v) is 7.32. The van der Waals surface area contributed by atoms with E-state index in [0.717, 1.165) is 44.6 Å². The summed E-state index contributed by atoms with van der Waals surface area (Å²) in [7, 11) is 0. The van der Waals surface area contributed by atoms with Crippen molar-refractivity contribution in [3.8, 4) is 0 Å². The highest BCUT2D eigenvalue weighted by Gasteiger charge is 2.30. The Bertz CT molecular complexity index is 474. The van der Waals surface area contributed by atoms with Gasteiger partial charge in [-0.1, -0.05) is 13.8 Å². The zero-order chi connectivity index (χ0) is 14.5. The predicted molar refractivity (Wildman–Crippen MR) is 80.3 cm³/mol. The van der Waals surface area contributed by atoms with E-state index in [1.165, 1.54) is 6.07 Å². The van der Waals surface area contributed by atoms with Crippen molar-refractivity contribution >= 4 is 17.3 Å². The number of anilines is 2. The molecule has 1 aliphatic carbocycles. The zero-order valence-electron chi connectivity index (χ0n) is 12.1. The van der Waals surface area contributed by atoms with Gasteiger partial charge in [0.2, 0.25) is 0 Å². The Kier molecular flexibility index (Phi) is 4.76. The van der Waals surface area contributed by atoms with Gasteiger partial charge in [0.15, 0.2) is 0 Å². The molecule has 6 nitrogen and oxygen atoms in total. The topological polar surface area (TPSA) is 71.3 Å². The third-order valence-electron chi connectivity index (χ3n) is 3.31. The quantitative estimate of drug-likeness (QED) is 0.584. The third-order valence-corrected chi connectivity index (χ3v) is 3.31. The molecule has 0 atom stereocenters. The van der Waals surface area contributed by atoms with Crippen molar-refractivity contribution in [2.24, 2.45) is 0 Å². The molecule has 1 fully saturated rings. The molecule has 110 valence electrons. The van der Waals surface area contributed by atoms with Crippen molar-refractivity contribution < 1.29 is 4.92 Å². The lowest BCUT2D eigenvalue weighted by atomic mass is 10.3. The molecule has 1 aromatic rings. The molecule has 1 heterocycles. The first-order chi connectivity index (χ1) is 9.65. The number of hydrogen-bond donors (Lipinski definition) is 1. The molecule has 20 heavy (non-hydrogen) atoms. The molecule has 1 aliphatic rings. The van der Waals surface area contributed by atoms with Gasteiger partial charge in [-0.25, -0.2) is 4.98 Å². The van der Waals surface area contributed by atoms with E-state index in [2.05, 4.69) is 29.0 Å². The molecule has 0 unspecified atom stereocenters. The van der Waals surface area contributed by atoms with E-state index in [0.29, 0.717) is 11.9 Å². The standard InChI is InChI=1S/C14H22N4O2/c1-3-7-15-13-9-12(18(19)20)10-14(16-13)17(8-4-2)11-5-6-11/h9-11H,3-8H2,1-2H3,(H,15,16). The van der Waals surface area contributed by atoms with Gasteiger partial charge in [0.05, 0.1) is 17.1 Å². The lowest BCUT2D eigenvalue weighted by molar-refractivity contribution is -0.384. The van der Waals surface area contributed by atoms with Gasteiger partial charge < -0.3 is 10.2 Å². The fourth-order valence-electron chi connectivity index (χ4n) is 2.21. The number of rotatable bonds is 8. The number of nitrogens with one attached hydrogen (secondary N) is 1. The summed E-state index contributed by atoms with van der Waals surface area (Å²) in [5, 5.41) is 14.2. The summed E-state index contributed by atoms with van der Waals surface area (Å²) >= 11 is 0. The number of pyridine rings is 1. The molecule has 2 rings (SSSR count). The molecule has 0 saturated heterocycles. The van der Waals surface area contributed by atoms with Crippen LogP contribution in [0.2, 0.25) is 0 Å². The van der Waals surface area contributed by atoms with Crippen LogP contribution in [0.5, 0.6) is 0 Å². The van der Waals surface area contributed by atoms with Gasteiger partial charge in [-0.05, 0) is 25.7 Å². The highest BCUT2D eigenvalue weighted by Crippen LogP contribution is 2.33. The van der Waals surface area contributed by atoms with E-state index in [1.54, 1.807) is 6.07 Å². The number of hydrogen-bond acceptors (Lipinski definition) is 5. The Balaban J connectivity index is 2.29. The van der Waals surface area contributed by atoms with Crippen LogP contribution < -0.4 is 10.2 Å². The summed E-state index contributed by atoms with van der Waals surface area (Å²) in [5.74, 6) is 1.32. The van der Waals surface area contributed by atoms with Crippen LogP contribution in [0.15, 0.2) is 12.1 Å². The van der Waals surface area contributed by atoms with Crippen LogP contribution in [0, 0.1) is 10.1 Å². The monoisotopic (exact) mass is 278 g/mol. The number of nitro groups is 1. The van der Waals surface area contributed by atoms with Crippen molar-refractivity contribution in [3.63, 3.8) is 0 Å². The van der Waals surface area contributed by atoms with Crippen LogP contribution >= 0.6 is 0 Å². The summed E-state index contributed by atoms with van der Waals surface area (Å²) < 4.78 is 0. The van der Waals surface area contributed by atoms with Crippen LogP contribution in [0.4, 0.5) is 17.3 Å². The minimum absolute atomic E-state index is 0.107. The van der Waals surface area contributed by atoms with E-state index in [-0.39, 0.29) is 10.6 Å². The molecule has 1 N–H and O–H groups in total. The van der Waals surface area contributed by atoms with Gasteiger partial charge in [0.25, 0.3) is 5.69 Å². The van der Waals surface area contributed by atoms with Gasteiger partial charge in [0.1, 0.15) is 11.6 Å². The molecule has 0 amide bonds. The van der Waals surface area contributed by atoms with Crippen molar-refractivity contribution in [1.29, 1.82) is 0 Å². The maximum absolute atomic E-state index is 11.1. The van der Waals surface area contributed by atoms with Gasteiger partial charge in [-0.3, -0.25) is 10.1 Å². The summed E-state index contributed by atoms with van der Waals surface area (Å²) in [6.45, 7) is 5.83. The van der Waals surface area contributed by atoms with Gasteiger partial charge in [-0.15, -0.1) is 0 Å². The third kappa shape index (κ3) is 3.59. The Labute approximate surface area is 119 Å². The second-order valence-electron chi connectivity index (χ2n) is 5.18. The van der Waals surface area contributed by atoms with Gasteiger partial charge >= 0.3 is 0 Å². The highest BCUT2D eigenvalue weighted by molar-refractivity contribution is 5.56. The first-order valence-electron chi connectivity index (χ1n) is 7.32. The Hall–Kier alpha value is -1.85. The summed E-state index contributed by atoms with van der Waals surface area (Å²) in [6, 6.07) is 3.60. The van der Waals surface area contributed by atoms with E-state index < -0.39 is 0 Å². The molecule has 0 bridgehead atoms. The van der Waals surface area contributed by atoms with Crippen molar-refractivity contribution in [2.45, 2.75) is 45.6 Å². The summed E-state index contributed by atoms with van der Waals surface area (Å²) in [6.07, 6.45) is 4.28. The highest BCUT2D eigenvalue weighted by atomic mass is 16.6. The summed E-state index contributed by atoms with van der Waals surface area (Å²) in [5.41, 5.74) is 0.107. The minimum Gasteiger partial charge on any atom is -0.370 e. The van der Waals surface area contributed by atoms with Crippen LogP contribution in [-0.4, -0.2) is 29.0 Å². The molecule has 0 aliphatic heterocycles. The van der Waals surface area contributed by atoms with Crippen LogP contribution in [0.3, 0.4) is 0 Å². The molecule has 0 radical (unpaired) electrons. The Morgan fingerprint density at radius 2 is 2.15 bits per heavy atom. The van der Waals surface area contributed by atoms with E-state index in [4.69, 9.17) is 0 Å². The minimum atomic E-state index is -0.348. The zero-order valence-corrected chi connectivity index (χ0v) is 12.1. The van der Waals surface area contributed by atoms with Crippen LogP contribution in [0.25, 0.3) is 0 Å². The molecule has 0 aromatic carbocycles. The maximum atomic E-state index is 11.1. The molecular formula is C14H22N4O2. The molecule has 0 spiro atoms. The van der Waals surface area contributed by atoms with Crippen LogP contribution in [0.1, 0.15) is 39.5 Å². The first kappa shape index (κ1) is 14.6. The summed E-state index contributed by atoms with van der Waals surface area (Å²) in [4.78, 5) is 17.5. The van der Waals surface area contributed by atoms with Crippen molar-refractivity contribution in [2.75, 3.05) is 23.3 Å². The van der Waals surface area contributed by atoms with E-state index >= 15 is 0 Å². The van der Waals surface area contributed by atoms with Crippen LogP contribution in [-0.2, 0) is 0 Å². The van der Waals surface area contributed by atoms with Crippen molar-refractivity contribution in [1.82, 2.24) is 4.98 Å². The molecule has 6 heteroatoms. The largest absolute Gasteiger partial charge is 0.370 e. The fraction of sp³-hybridized carbons (Fsp3) is 0.643. The second-order valence-corrected chi connectivity index (χ2v) is 5.18. The average Bonchev–Trinajstić information content (AvgIpc) is 3.26.